The van der Waals surface area contributed by atoms with Gasteiger partial charge in [0.25, 0.3) is 0 Å². The van der Waals surface area contributed by atoms with E-state index in [1.807, 2.05) is 36.5 Å². The van der Waals surface area contributed by atoms with Crippen LogP contribution >= 0.6 is 0 Å². The second kappa shape index (κ2) is 7.60. The maximum Gasteiger partial charge on any atom is 0.0658 e. The highest BCUT2D eigenvalue weighted by atomic mass is 16.5. The maximum atomic E-state index is 5.11. The standard InChI is InChI=1S/C22H22N4O/c1-23-20-8-7-18-12-24-14-22(21(18)11-20)17-5-3-16(4-6-17)19-13-25-26(15-19)9-10-27-2/h3-8,11-15,23H,9-10H2,1-2H3. The van der Waals surface area contributed by atoms with E-state index in [0.717, 1.165) is 39.9 Å². The van der Waals surface area contributed by atoms with Crippen molar-refractivity contribution >= 4 is 16.5 Å². The molecule has 136 valence electrons. The number of anilines is 1. The molecule has 2 heterocycles. The van der Waals surface area contributed by atoms with E-state index < -0.39 is 0 Å². The Balaban J connectivity index is 1.66. The molecular formula is C22H22N4O. The summed E-state index contributed by atoms with van der Waals surface area (Å²) in [4.78, 5) is 4.41. The Kier molecular flexibility index (Phi) is 4.85. The van der Waals surface area contributed by atoms with Crippen molar-refractivity contribution in [1.29, 1.82) is 0 Å². The van der Waals surface area contributed by atoms with E-state index in [1.54, 1.807) is 7.11 Å². The van der Waals surface area contributed by atoms with E-state index >= 15 is 0 Å². The van der Waals surface area contributed by atoms with Crippen LogP contribution in [-0.4, -0.2) is 35.5 Å². The molecule has 0 spiro atoms. The lowest BCUT2D eigenvalue weighted by Gasteiger charge is -2.09. The fourth-order valence-electron chi connectivity index (χ4n) is 3.21. The van der Waals surface area contributed by atoms with E-state index in [1.165, 1.54) is 5.39 Å². The molecule has 0 aliphatic carbocycles. The Morgan fingerprint density at radius 2 is 1.78 bits per heavy atom. The zero-order valence-corrected chi connectivity index (χ0v) is 15.5. The Morgan fingerprint density at radius 3 is 2.56 bits per heavy atom. The number of nitrogens with zero attached hydrogens (tertiary/aromatic N) is 3. The molecule has 0 aliphatic rings. The third-order valence-electron chi connectivity index (χ3n) is 4.74. The second-order valence-electron chi connectivity index (χ2n) is 6.44. The van der Waals surface area contributed by atoms with Crippen LogP contribution in [0.15, 0.2) is 67.3 Å². The van der Waals surface area contributed by atoms with Crippen LogP contribution in [0.3, 0.4) is 0 Å². The number of methoxy groups -OCH3 is 1. The van der Waals surface area contributed by atoms with Crippen molar-refractivity contribution < 1.29 is 4.74 Å². The van der Waals surface area contributed by atoms with Crippen molar-refractivity contribution in [1.82, 2.24) is 14.8 Å². The van der Waals surface area contributed by atoms with Gasteiger partial charge in [-0.05, 0) is 28.6 Å². The normalized spacial score (nSPS) is 11.0. The number of hydrogen-bond acceptors (Lipinski definition) is 4. The molecule has 0 bridgehead atoms. The SMILES string of the molecule is CNc1ccc2cncc(-c3ccc(-c4cnn(CCOC)c4)cc3)c2c1. The fourth-order valence-corrected chi connectivity index (χ4v) is 3.21. The van der Waals surface area contributed by atoms with Gasteiger partial charge < -0.3 is 10.1 Å². The Hall–Kier alpha value is -3.18. The number of pyridine rings is 1. The minimum absolute atomic E-state index is 0.656. The number of ether oxygens (including phenoxy) is 1. The van der Waals surface area contributed by atoms with Gasteiger partial charge in [0.05, 0.1) is 19.3 Å². The molecule has 27 heavy (non-hydrogen) atoms. The van der Waals surface area contributed by atoms with E-state index in [4.69, 9.17) is 4.74 Å². The van der Waals surface area contributed by atoms with Crippen molar-refractivity contribution in [2.45, 2.75) is 6.54 Å². The number of rotatable bonds is 6. The summed E-state index contributed by atoms with van der Waals surface area (Å²) in [5, 5.41) is 9.92. The van der Waals surface area contributed by atoms with E-state index in [9.17, 15) is 0 Å². The molecule has 0 saturated heterocycles. The van der Waals surface area contributed by atoms with Crippen molar-refractivity contribution in [2.75, 3.05) is 26.1 Å². The van der Waals surface area contributed by atoms with Gasteiger partial charge in [-0.15, -0.1) is 0 Å². The molecule has 0 amide bonds. The van der Waals surface area contributed by atoms with Gasteiger partial charge in [0.15, 0.2) is 0 Å². The minimum Gasteiger partial charge on any atom is -0.388 e. The molecule has 0 aliphatic heterocycles. The highest BCUT2D eigenvalue weighted by Crippen LogP contribution is 2.31. The quantitative estimate of drug-likeness (QED) is 0.553. The molecule has 0 radical (unpaired) electrons. The first kappa shape index (κ1) is 17.2. The number of hydrogen-bond donors (Lipinski definition) is 1. The average molecular weight is 358 g/mol. The van der Waals surface area contributed by atoms with Gasteiger partial charge in [0, 0.05) is 54.9 Å². The molecular weight excluding hydrogens is 336 g/mol. The van der Waals surface area contributed by atoms with Crippen LogP contribution in [0.5, 0.6) is 0 Å². The number of nitrogens with one attached hydrogen (secondary N) is 1. The minimum atomic E-state index is 0.656. The van der Waals surface area contributed by atoms with Gasteiger partial charge in [-0.1, -0.05) is 30.3 Å². The Morgan fingerprint density at radius 1 is 0.963 bits per heavy atom. The lowest BCUT2D eigenvalue weighted by atomic mass is 9.98. The molecule has 0 saturated carbocycles. The molecule has 2 aromatic carbocycles. The third kappa shape index (κ3) is 3.55. The van der Waals surface area contributed by atoms with E-state index in [-0.39, 0.29) is 0 Å². The third-order valence-corrected chi connectivity index (χ3v) is 4.74. The second-order valence-corrected chi connectivity index (χ2v) is 6.44. The van der Waals surface area contributed by atoms with E-state index in [2.05, 4.69) is 57.9 Å². The summed E-state index contributed by atoms with van der Waals surface area (Å²) >= 11 is 0. The number of benzene rings is 2. The first-order valence-corrected chi connectivity index (χ1v) is 8.96. The van der Waals surface area contributed by atoms with Gasteiger partial charge in [0.2, 0.25) is 0 Å². The first-order chi connectivity index (χ1) is 13.3. The van der Waals surface area contributed by atoms with Crippen molar-refractivity contribution in [3.63, 3.8) is 0 Å². The van der Waals surface area contributed by atoms with Crippen LogP contribution < -0.4 is 5.32 Å². The molecule has 0 atom stereocenters. The van der Waals surface area contributed by atoms with Gasteiger partial charge >= 0.3 is 0 Å². The Labute approximate surface area is 158 Å². The molecule has 2 aromatic heterocycles. The summed E-state index contributed by atoms with van der Waals surface area (Å²) in [5.74, 6) is 0. The van der Waals surface area contributed by atoms with Crippen molar-refractivity contribution in [3.8, 4) is 22.3 Å². The van der Waals surface area contributed by atoms with Crippen LogP contribution in [0.25, 0.3) is 33.0 Å². The molecule has 1 N–H and O–H groups in total. The maximum absolute atomic E-state index is 5.11. The molecule has 4 aromatic rings. The van der Waals surface area contributed by atoms with Crippen molar-refractivity contribution in [2.24, 2.45) is 0 Å². The van der Waals surface area contributed by atoms with Crippen LogP contribution in [0.1, 0.15) is 0 Å². The zero-order chi connectivity index (χ0) is 18.6. The predicted molar refractivity (Wildman–Crippen MR) is 110 cm³/mol. The largest absolute Gasteiger partial charge is 0.388 e. The van der Waals surface area contributed by atoms with Gasteiger partial charge in [-0.3, -0.25) is 9.67 Å². The summed E-state index contributed by atoms with van der Waals surface area (Å²) in [7, 11) is 3.63. The summed E-state index contributed by atoms with van der Waals surface area (Å²) in [6, 6.07) is 14.9. The molecule has 5 heteroatoms. The fraction of sp³-hybridized carbons (Fsp3) is 0.182. The van der Waals surface area contributed by atoms with Gasteiger partial charge in [-0.2, -0.15) is 5.10 Å². The zero-order valence-electron chi connectivity index (χ0n) is 15.5. The smallest absolute Gasteiger partial charge is 0.0658 e. The monoisotopic (exact) mass is 358 g/mol. The van der Waals surface area contributed by atoms with Crippen molar-refractivity contribution in [3.05, 3.63) is 67.3 Å². The predicted octanol–water partition coefficient (Wildman–Crippen LogP) is 4.45. The topological polar surface area (TPSA) is 52.0 Å². The summed E-state index contributed by atoms with van der Waals surface area (Å²) in [6.07, 6.45) is 7.77. The van der Waals surface area contributed by atoms with Crippen LogP contribution in [0, 0.1) is 0 Å². The highest BCUT2D eigenvalue weighted by molar-refractivity contribution is 5.97. The average Bonchev–Trinajstić information content (AvgIpc) is 3.20. The first-order valence-electron chi connectivity index (χ1n) is 8.96. The van der Waals surface area contributed by atoms with E-state index in [0.29, 0.717) is 6.61 Å². The number of aromatic nitrogens is 3. The summed E-state index contributed by atoms with van der Waals surface area (Å²) in [6.45, 7) is 1.41. The summed E-state index contributed by atoms with van der Waals surface area (Å²) < 4.78 is 7.01. The summed E-state index contributed by atoms with van der Waals surface area (Å²) in [5.41, 5.74) is 5.62. The molecule has 5 nitrogen and oxygen atoms in total. The lowest BCUT2D eigenvalue weighted by Crippen LogP contribution is -2.03. The molecule has 0 fully saturated rings. The molecule has 0 unspecified atom stereocenters. The van der Waals surface area contributed by atoms with Crippen LogP contribution in [0.2, 0.25) is 0 Å². The Bertz CT molecular complexity index is 1050. The lowest BCUT2D eigenvalue weighted by molar-refractivity contribution is 0.183. The van der Waals surface area contributed by atoms with Crippen LogP contribution in [0.4, 0.5) is 5.69 Å². The van der Waals surface area contributed by atoms with Gasteiger partial charge in [-0.25, -0.2) is 0 Å². The van der Waals surface area contributed by atoms with Crippen LogP contribution in [-0.2, 0) is 11.3 Å². The highest BCUT2D eigenvalue weighted by Gasteiger charge is 2.07. The number of fused-ring (bicyclic) bond motifs is 1. The molecule has 4 rings (SSSR count). The van der Waals surface area contributed by atoms with Gasteiger partial charge in [0.1, 0.15) is 0 Å².